The van der Waals surface area contributed by atoms with Crippen LogP contribution in [0.4, 0.5) is 5.95 Å². The molecule has 29 heavy (non-hydrogen) atoms. The Hall–Kier alpha value is -3.20. The summed E-state index contributed by atoms with van der Waals surface area (Å²) in [4.78, 5) is 22.0. The van der Waals surface area contributed by atoms with E-state index in [1.807, 2.05) is 35.0 Å². The molecule has 148 valence electrons. The van der Waals surface area contributed by atoms with E-state index in [2.05, 4.69) is 10.6 Å². The summed E-state index contributed by atoms with van der Waals surface area (Å²) in [5.74, 6) is 1.80. The van der Waals surface area contributed by atoms with E-state index in [9.17, 15) is 4.79 Å². The maximum atomic E-state index is 12.4. The van der Waals surface area contributed by atoms with Gasteiger partial charge >= 0.3 is 0 Å². The van der Waals surface area contributed by atoms with Crippen LogP contribution >= 0.6 is 11.3 Å². The first kappa shape index (κ1) is 17.9. The molecule has 1 aliphatic heterocycles. The molecule has 0 spiro atoms. The summed E-state index contributed by atoms with van der Waals surface area (Å²) in [6.45, 7) is 0.711. The van der Waals surface area contributed by atoms with Gasteiger partial charge in [0.1, 0.15) is 11.8 Å². The average molecular weight is 408 g/mol. The Kier molecular flexibility index (Phi) is 4.51. The quantitative estimate of drug-likeness (QED) is 0.539. The number of methoxy groups -OCH3 is 1. The molecule has 1 fully saturated rings. The summed E-state index contributed by atoms with van der Waals surface area (Å²) in [5.41, 5.74) is 2.33. The Bertz CT molecular complexity index is 1200. The van der Waals surface area contributed by atoms with Crippen molar-refractivity contribution in [3.63, 3.8) is 0 Å². The summed E-state index contributed by atoms with van der Waals surface area (Å²) >= 11 is 1.54. The molecule has 9 heteroatoms. The predicted octanol–water partition coefficient (Wildman–Crippen LogP) is 3.10. The van der Waals surface area contributed by atoms with Crippen LogP contribution in [0.3, 0.4) is 0 Å². The van der Waals surface area contributed by atoms with E-state index in [-0.39, 0.29) is 11.9 Å². The van der Waals surface area contributed by atoms with Crippen molar-refractivity contribution in [2.75, 3.05) is 19.0 Å². The summed E-state index contributed by atoms with van der Waals surface area (Å²) in [6.07, 6.45) is 2.71. The molecule has 5 rings (SSSR count). The van der Waals surface area contributed by atoms with Crippen molar-refractivity contribution < 1.29 is 9.53 Å². The molecular weight excluding hydrogens is 388 g/mol. The number of ether oxygens (including phenoxy) is 1. The fraction of sp³-hybridized carbons (Fsp3) is 0.300. The largest absolute Gasteiger partial charge is 0.495 e. The highest BCUT2D eigenvalue weighted by atomic mass is 32.1. The van der Waals surface area contributed by atoms with E-state index in [0.717, 1.165) is 41.5 Å². The first-order chi connectivity index (χ1) is 14.2. The normalized spacial score (nSPS) is 17.3. The van der Waals surface area contributed by atoms with E-state index in [4.69, 9.17) is 19.8 Å². The Morgan fingerprint density at radius 1 is 1.24 bits per heavy atom. The number of nitrogens with zero attached hydrogens (tertiary/aromatic N) is 4. The number of aromatic nitrogens is 4. The van der Waals surface area contributed by atoms with Crippen LogP contribution in [-0.2, 0) is 4.79 Å². The molecule has 0 aliphatic carbocycles. The van der Waals surface area contributed by atoms with Gasteiger partial charge in [0.05, 0.1) is 18.2 Å². The van der Waals surface area contributed by atoms with Gasteiger partial charge in [0, 0.05) is 22.7 Å². The van der Waals surface area contributed by atoms with Crippen LogP contribution in [-0.4, -0.2) is 45.2 Å². The number of nitrogens with one attached hydrogen (secondary N) is 2. The summed E-state index contributed by atoms with van der Waals surface area (Å²) in [5, 5.41) is 15.7. The summed E-state index contributed by atoms with van der Waals surface area (Å²) < 4.78 is 7.13. The van der Waals surface area contributed by atoms with E-state index >= 15 is 0 Å². The fourth-order valence-electron chi connectivity index (χ4n) is 3.60. The Labute approximate surface area is 170 Å². The van der Waals surface area contributed by atoms with E-state index in [0.29, 0.717) is 24.0 Å². The zero-order valence-corrected chi connectivity index (χ0v) is 16.7. The second-order valence-corrected chi connectivity index (χ2v) is 7.70. The van der Waals surface area contributed by atoms with E-state index in [1.165, 1.54) is 11.3 Å². The van der Waals surface area contributed by atoms with Gasteiger partial charge in [-0.05, 0) is 31.4 Å². The van der Waals surface area contributed by atoms with Gasteiger partial charge in [0.25, 0.3) is 0 Å². The van der Waals surface area contributed by atoms with E-state index < -0.39 is 0 Å². The highest BCUT2D eigenvalue weighted by molar-refractivity contribution is 7.08. The zero-order chi connectivity index (χ0) is 19.8. The van der Waals surface area contributed by atoms with Gasteiger partial charge < -0.3 is 15.4 Å². The molecule has 1 amide bonds. The van der Waals surface area contributed by atoms with Crippen LogP contribution in [0.25, 0.3) is 27.9 Å². The van der Waals surface area contributed by atoms with E-state index in [1.54, 1.807) is 11.6 Å². The smallest absolute Gasteiger partial charge is 0.242 e. The molecule has 0 saturated carbocycles. The maximum Gasteiger partial charge on any atom is 0.242 e. The van der Waals surface area contributed by atoms with Crippen molar-refractivity contribution in [3.8, 4) is 17.1 Å². The number of amides is 1. The third-order valence-electron chi connectivity index (χ3n) is 5.10. The first-order valence-electron chi connectivity index (χ1n) is 9.55. The molecule has 4 aromatic rings. The Morgan fingerprint density at radius 2 is 2.14 bits per heavy atom. The minimum Gasteiger partial charge on any atom is -0.495 e. The first-order valence-corrected chi connectivity index (χ1v) is 10.5. The van der Waals surface area contributed by atoms with Crippen molar-refractivity contribution in [1.29, 1.82) is 0 Å². The lowest BCUT2D eigenvalue weighted by atomic mass is 10.1. The molecule has 2 N–H and O–H groups in total. The second kappa shape index (κ2) is 7.32. The molecule has 0 radical (unpaired) electrons. The lowest BCUT2D eigenvalue weighted by Crippen LogP contribution is -2.38. The molecule has 3 aromatic heterocycles. The van der Waals surface area contributed by atoms with Crippen LogP contribution in [0, 0.1) is 0 Å². The SMILES string of the molecule is COc1cscc1-c1nc2c3ccccc3nc(N[C@@H]3CCCCNC3=O)n2n1. The van der Waals surface area contributed by atoms with Crippen molar-refractivity contribution in [2.45, 2.75) is 25.3 Å². The minimum absolute atomic E-state index is 0.00884. The van der Waals surface area contributed by atoms with Gasteiger partial charge in [0.2, 0.25) is 11.9 Å². The third-order valence-corrected chi connectivity index (χ3v) is 5.83. The fourth-order valence-corrected chi connectivity index (χ4v) is 4.38. The highest BCUT2D eigenvalue weighted by Crippen LogP contribution is 2.33. The monoisotopic (exact) mass is 408 g/mol. The maximum absolute atomic E-state index is 12.4. The van der Waals surface area contributed by atoms with Gasteiger partial charge in [-0.15, -0.1) is 16.4 Å². The van der Waals surface area contributed by atoms with Crippen LogP contribution in [0.2, 0.25) is 0 Å². The molecule has 4 heterocycles. The number of para-hydroxylation sites is 1. The van der Waals surface area contributed by atoms with Gasteiger partial charge in [-0.1, -0.05) is 12.1 Å². The highest BCUT2D eigenvalue weighted by Gasteiger charge is 2.24. The lowest BCUT2D eigenvalue weighted by Gasteiger charge is -2.16. The van der Waals surface area contributed by atoms with Gasteiger partial charge in [-0.2, -0.15) is 4.52 Å². The zero-order valence-electron chi connectivity index (χ0n) is 15.9. The number of hydrogen-bond donors (Lipinski definition) is 2. The molecular formula is C20H20N6O2S. The molecule has 0 bridgehead atoms. The Morgan fingerprint density at radius 3 is 3.03 bits per heavy atom. The van der Waals surface area contributed by atoms with Crippen molar-refractivity contribution in [2.24, 2.45) is 0 Å². The molecule has 1 aromatic carbocycles. The van der Waals surface area contributed by atoms with Gasteiger partial charge in [-0.3, -0.25) is 4.79 Å². The molecule has 1 saturated heterocycles. The minimum atomic E-state index is -0.349. The number of rotatable bonds is 4. The van der Waals surface area contributed by atoms with Crippen LogP contribution in [0.15, 0.2) is 35.0 Å². The van der Waals surface area contributed by atoms with Gasteiger partial charge in [0.15, 0.2) is 11.5 Å². The van der Waals surface area contributed by atoms with Gasteiger partial charge in [-0.25, -0.2) is 9.97 Å². The molecule has 1 aliphatic rings. The molecule has 8 nitrogen and oxygen atoms in total. The average Bonchev–Trinajstić information content (AvgIpc) is 3.34. The number of thiophene rings is 1. The number of carbonyl (C=O) groups excluding carboxylic acids is 1. The molecule has 0 unspecified atom stereocenters. The third kappa shape index (κ3) is 3.17. The second-order valence-electron chi connectivity index (χ2n) is 6.96. The van der Waals surface area contributed by atoms with Crippen LogP contribution < -0.4 is 15.4 Å². The van der Waals surface area contributed by atoms with Crippen LogP contribution in [0.5, 0.6) is 5.75 Å². The lowest BCUT2D eigenvalue weighted by molar-refractivity contribution is -0.121. The predicted molar refractivity (Wildman–Crippen MR) is 112 cm³/mol. The van der Waals surface area contributed by atoms with Crippen molar-refractivity contribution in [3.05, 3.63) is 35.0 Å². The number of benzene rings is 1. The number of fused-ring (bicyclic) bond motifs is 3. The van der Waals surface area contributed by atoms with Crippen molar-refractivity contribution >= 4 is 39.7 Å². The summed E-state index contributed by atoms with van der Waals surface area (Å²) in [7, 11) is 1.63. The Balaban J connectivity index is 1.67. The number of carbonyl (C=O) groups is 1. The summed E-state index contributed by atoms with van der Waals surface area (Å²) in [6, 6.07) is 7.46. The topological polar surface area (TPSA) is 93.4 Å². The standard InChI is InChI=1S/C20H20N6O2S/c1-28-16-11-29-10-13(16)17-24-18-12-6-2-3-7-14(12)22-20(26(18)25-17)23-15-8-4-5-9-21-19(15)27/h2-3,6-7,10-11,15H,4-5,8-9H2,1H3,(H,21,27)(H,22,23)/t15-/m1/s1. The van der Waals surface area contributed by atoms with Crippen LogP contribution in [0.1, 0.15) is 19.3 Å². The number of anilines is 1. The number of hydrogen-bond acceptors (Lipinski definition) is 7. The molecule has 1 atom stereocenters. The van der Waals surface area contributed by atoms with Crippen molar-refractivity contribution in [1.82, 2.24) is 24.9 Å².